The van der Waals surface area contributed by atoms with E-state index in [0.29, 0.717) is 25.0 Å². The summed E-state index contributed by atoms with van der Waals surface area (Å²) in [4.78, 5) is 13.1. The Morgan fingerprint density at radius 1 is 1.27 bits per heavy atom. The summed E-state index contributed by atoms with van der Waals surface area (Å²) in [7, 11) is 0. The number of guanidine groups is 1. The maximum atomic E-state index is 5.87. The molecular formula is C15H17N7. The number of nitrogens with one attached hydrogen (secondary N) is 1. The molecule has 0 saturated carbocycles. The Bertz CT molecular complexity index is 793. The van der Waals surface area contributed by atoms with Crippen molar-refractivity contribution in [1.82, 2.24) is 19.7 Å². The van der Waals surface area contributed by atoms with Gasteiger partial charge < -0.3 is 5.73 Å². The van der Waals surface area contributed by atoms with Crippen LogP contribution in [0.25, 0.3) is 10.9 Å². The molecule has 0 fully saturated rings. The van der Waals surface area contributed by atoms with Crippen LogP contribution < -0.4 is 11.1 Å². The Labute approximate surface area is 127 Å². The number of aromatic nitrogens is 4. The van der Waals surface area contributed by atoms with E-state index >= 15 is 0 Å². The van der Waals surface area contributed by atoms with Crippen LogP contribution in [0.4, 0.5) is 5.95 Å². The maximum Gasteiger partial charge on any atom is 0.230 e. The number of aliphatic imine (C=N–C) groups is 1. The maximum absolute atomic E-state index is 5.87. The lowest BCUT2D eigenvalue weighted by Gasteiger charge is -2.07. The van der Waals surface area contributed by atoms with E-state index in [-0.39, 0.29) is 0 Å². The van der Waals surface area contributed by atoms with Gasteiger partial charge in [-0.25, -0.2) is 9.97 Å². The predicted molar refractivity (Wildman–Crippen MR) is 86.6 cm³/mol. The summed E-state index contributed by atoms with van der Waals surface area (Å²) in [6, 6.07) is 9.73. The van der Waals surface area contributed by atoms with Crippen molar-refractivity contribution in [2.45, 2.75) is 13.5 Å². The average Bonchev–Trinajstić information content (AvgIpc) is 3.00. The SMILES string of the molecule is Cc1nc(NC(N)=NCCn2cccn2)nc2ccccc12. The van der Waals surface area contributed by atoms with Crippen molar-refractivity contribution in [1.29, 1.82) is 0 Å². The van der Waals surface area contributed by atoms with Gasteiger partial charge in [-0.2, -0.15) is 5.10 Å². The Morgan fingerprint density at radius 2 is 2.14 bits per heavy atom. The van der Waals surface area contributed by atoms with Crippen LogP contribution in [0.1, 0.15) is 5.69 Å². The number of nitrogens with two attached hydrogens (primary N) is 1. The van der Waals surface area contributed by atoms with Crippen LogP contribution in [0.2, 0.25) is 0 Å². The van der Waals surface area contributed by atoms with E-state index < -0.39 is 0 Å². The molecule has 3 rings (SSSR count). The highest BCUT2D eigenvalue weighted by Crippen LogP contribution is 2.16. The van der Waals surface area contributed by atoms with Gasteiger partial charge in [-0.15, -0.1) is 0 Å². The van der Waals surface area contributed by atoms with Crippen molar-refractivity contribution in [3.8, 4) is 0 Å². The van der Waals surface area contributed by atoms with E-state index in [0.717, 1.165) is 16.6 Å². The standard InChI is InChI=1S/C15H17N7/c1-11-12-5-2-3-6-13(12)20-15(19-11)21-14(16)17-8-10-22-9-4-7-18-22/h2-7,9H,8,10H2,1H3,(H3,16,17,19,20,21). The summed E-state index contributed by atoms with van der Waals surface area (Å²) in [5.74, 6) is 0.748. The molecular weight excluding hydrogens is 278 g/mol. The molecule has 7 nitrogen and oxygen atoms in total. The highest BCUT2D eigenvalue weighted by Gasteiger charge is 2.04. The molecule has 0 amide bonds. The normalized spacial score (nSPS) is 11.8. The van der Waals surface area contributed by atoms with Gasteiger partial charge in [0.15, 0.2) is 5.96 Å². The molecule has 0 spiro atoms. The molecule has 7 heteroatoms. The first-order valence-electron chi connectivity index (χ1n) is 7.00. The van der Waals surface area contributed by atoms with Crippen molar-refractivity contribution in [3.05, 3.63) is 48.4 Å². The van der Waals surface area contributed by atoms with E-state index in [4.69, 9.17) is 5.73 Å². The summed E-state index contributed by atoms with van der Waals surface area (Å²) in [5, 5.41) is 8.07. The highest BCUT2D eigenvalue weighted by atomic mass is 15.3. The van der Waals surface area contributed by atoms with Crippen molar-refractivity contribution >= 4 is 22.8 Å². The number of hydrogen-bond donors (Lipinski definition) is 2. The fourth-order valence-corrected chi connectivity index (χ4v) is 2.15. The first kappa shape index (κ1) is 14.0. The molecule has 1 aromatic carbocycles. The third kappa shape index (κ3) is 3.20. The summed E-state index contributed by atoms with van der Waals surface area (Å²) >= 11 is 0. The number of benzene rings is 1. The largest absolute Gasteiger partial charge is 0.370 e. The summed E-state index contributed by atoms with van der Waals surface area (Å²) in [5.41, 5.74) is 7.65. The highest BCUT2D eigenvalue weighted by molar-refractivity contribution is 5.92. The van der Waals surface area contributed by atoms with Gasteiger partial charge >= 0.3 is 0 Å². The number of anilines is 1. The van der Waals surface area contributed by atoms with Crippen LogP contribution in [0.3, 0.4) is 0 Å². The van der Waals surface area contributed by atoms with Crippen LogP contribution >= 0.6 is 0 Å². The van der Waals surface area contributed by atoms with Gasteiger partial charge in [0.2, 0.25) is 5.95 Å². The molecule has 2 heterocycles. The second-order valence-electron chi connectivity index (χ2n) is 4.81. The summed E-state index contributed by atoms with van der Waals surface area (Å²) in [6.07, 6.45) is 3.62. The van der Waals surface area contributed by atoms with E-state index in [1.54, 1.807) is 10.9 Å². The molecule has 0 radical (unpaired) electrons. The van der Waals surface area contributed by atoms with Crippen LogP contribution in [0, 0.1) is 6.92 Å². The second kappa shape index (κ2) is 6.21. The van der Waals surface area contributed by atoms with Crippen LogP contribution in [-0.2, 0) is 6.54 Å². The number of hydrogen-bond acceptors (Lipinski definition) is 4. The molecule has 3 aromatic rings. The summed E-state index contributed by atoms with van der Waals surface area (Å²) < 4.78 is 1.80. The minimum Gasteiger partial charge on any atom is -0.370 e. The molecule has 0 unspecified atom stereocenters. The zero-order valence-corrected chi connectivity index (χ0v) is 12.3. The molecule has 2 aromatic heterocycles. The molecule has 0 aliphatic heterocycles. The van der Waals surface area contributed by atoms with Gasteiger partial charge in [0.1, 0.15) is 0 Å². The minimum atomic E-state index is 0.293. The Morgan fingerprint density at radius 3 is 2.95 bits per heavy atom. The zero-order chi connectivity index (χ0) is 15.4. The smallest absolute Gasteiger partial charge is 0.230 e. The van der Waals surface area contributed by atoms with Gasteiger partial charge in [-0.3, -0.25) is 15.0 Å². The van der Waals surface area contributed by atoms with E-state index in [2.05, 4.69) is 25.4 Å². The lowest BCUT2D eigenvalue weighted by atomic mass is 10.2. The molecule has 112 valence electrons. The van der Waals surface area contributed by atoms with Crippen molar-refractivity contribution < 1.29 is 0 Å². The van der Waals surface area contributed by atoms with E-state index in [9.17, 15) is 0 Å². The van der Waals surface area contributed by atoms with Gasteiger partial charge in [0, 0.05) is 17.8 Å². The quantitative estimate of drug-likeness (QED) is 0.562. The van der Waals surface area contributed by atoms with Crippen molar-refractivity contribution in [3.63, 3.8) is 0 Å². The van der Waals surface area contributed by atoms with Crippen LogP contribution in [0.15, 0.2) is 47.7 Å². The lowest BCUT2D eigenvalue weighted by Crippen LogP contribution is -2.24. The number of aryl methyl sites for hydroxylation is 1. The number of rotatable bonds is 4. The molecule has 0 aliphatic rings. The Balaban J connectivity index is 1.69. The van der Waals surface area contributed by atoms with Gasteiger partial charge in [0.05, 0.1) is 24.3 Å². The Hall–Kier alpha value is -2.96. The fraction of sp³-hybridized carbons (Fsp3) is 0.200. The van der Waals surface area contributed by atoms with E-state index in [1.807, 2.05) is 43.5 Å². The topological polar surface area (TPSA) is 94.0 Å². The molecule has 3 N–H and O–H groups in total. The van der Waals surface area contributed by atoms with Crippen LogP contribution in [0.5, 0.6) is 0 Å². The lowest BCUT2D eigenvalue weighted by molar-refractivity contribution is 0.625. The first-order valence-corrected chi connectivity index (χ1v) is 7.00. The third-order valence-electron chi connectivity index (χ3n) is 3.20. The number of fused-ring (bicyclic) bond motifs is 1. The number of nitrogens with zero attached hydrogens (tertiary/aromatic N) is 5. The van der Waals surface area contributed by atoms with Gasteiger partial charge in [0.25, 0.3) is 0 Å². The third-order valence-corrected chi connectivity index (χ3v) is 3.20. The van der Waals surface area contributed by atoms with Crippen molar-refractivity contribution in [2.75, 3.05) is 11.9 Å². The molecule has 22 heavy (non-hydrogen) atoms. The van der Waals surface area contributed by atoms with Gasteiger partial charge in [-0.1, -0.05) is 18.2 Å². The Kier molecular flexibility index (Phi) is 3.95. The second-order valence-corrected chi connectivity index (χ2v) is 4.81. The first-order chi connectivity index (χ1) is 10.7. The van der Waals surface area contributed by atoms with Crippen LogP contribution in [-0.4, -0.2) is 32.3 Å². The molecule has 0 atom stereocenters. The minimum absolute atomic E-state index is 0.293. The predicted octanol–water partition coefficient (Wildman–Crippen LogP) is 1.56. The number of para-hydroxylation sites is 1. The zero-order valence-electron chi connectivity index (χ0n) is 12.3. The van der Waals surface area contributed by atoms with Crippen molar-refractivity contribution in [2.24, 2.45) is 10.7 Å². The molecule has 0 bridgehead atoms. The molecule has 0 aliphatic carbocycles. The summed E-state index contributed by atoms with van der Waals surface area (Å²) in [6.45, 7) is 3.15. The average molecular weight is 295 g/mol. The monoisotopic (exact) mass is 295 g/mol. The fourth-order valence-electron chi connectivity index (χ4n) is 2.15. The van der Waals surface area contributed by atoms with Gasteiger partial charge in [-0.05, 0) is 19.1 Å². The van der Waals surface area contributed by atoms with E-state index in [1.165, 1.54) is 0 Å². The molecule has 0 saturated heterocycles.